The first kappa shape index (κ1) is 13.9. The minimum atomic E-state index is -1.07. The third-order valence-electron chi connectivity index (χ3n) is 2.03. The number of carbonyl (C=O) groups is 2. The molecule has 96 valence electrons. The van der Waals surface area contributed by atoms with Crippen LogP contribution >= 0.6 is 11.6 Å². The van der Waals surface area contributed by atoms with E-state index >= 15 is 0 Å². The van der Waals surface area contributed by atoms with Gasteiger partial charge in [0.2, 0.25) is 0 Å². The highest BCUT2D eigenvalue weighted by Crippen LogP contribution is 2.22. The van der Waals surface area contributed by atoms with Crippen LogP contribution in [0.25, 0.3) is 0 Å². The zero-order valence-electron chi connectivity index (χ0n) is 9.05. The normalized spacial score (nSPS) is 9.83. The average Bonchev–Trinajstić information content (AvgIpc) is 2.28. The molecule has 7 nitrogen and oxygen atoms in total. The Bertz CT molecular complexity index is 503. The molecule has 2 N–H and O–H groups in total. The van der Waals surface area contributed by atoms with E-state index in [1.807, 2.05) is 0 Å². The Morgan fingerprint density at radius 2 is 2.11 bits per heavy atom. The van der Waals surface area contributed by atoms with Crippen LogP contribution in [0.3, 0.4) is 0 Å². The molecule has 1 aromatic carbocycles. The molecule has 0 aliphatic carbocycles. The second kappa shape index (κ2) is 5.97. The van der Waals surface area contributed by atoms with Gasteiger partial charge in [-0.3, -0.25) is 19.7 Å². The lowest BCUT2D eigenvalue weighted by molar-refractivity contribution is -0.385. The van der Waals surface area contributed by atoms with Crippen LogP contribution in [0.5, 0.6) is 0 Å². The van der Waals surface area contributed by atoms with Crippen molar-refractivity contribution in [3.63, 3.8) is 0 Å². The molecule has 0 spiro atoms. The number of benzene rings is 1. The Morgan fingerprint density at radius 3 is 2.67 bits per heavy atom. The van der Waals surface area contributed by atoms with Crippen LogP contribution in [0.2, 0.25) is 5.02 Å². The number of rotatable bonds is 5. The Labute approximate surface area is 107 Å². The van der Waals surface area contributed by atoms with Crippen LogP contribution in [-0.4, -0.2) is 28.5 Å². The largest absolute Gasteiger partial charge is 0.481 e. The minimum Gasteiger partial charge on any atom is -0.481 e. The van der Waals surface area contributed by atoms with Gasteiger partial charge in [0.25, 0.3) is 11.6 Å². The molecule has 0 bridgehead atoms. The van der Waals surface area contributed by atoms with Crippen LogP contribution in [0.1, 0.15) is 16.8 Å². The van der Waals surface area contributed by atoms with E-state index in [-0.39, 0.29) is 23.6 Å². The second-order valence-electron chi connectivity index (χ2n) is 3.32. The summed E-state index contributed by atoms with van der Waals surface area (Å²) in [7, 11) is 0. The van der Waals surface area contributed by atoms with E-state index in [4.69, 9.17) is 16.7 Å². The number of carboxylic acid groups (broad SMARTS) is 1. The lowest BCUT2D eigenvalue weighted by atomic mass is 10.1. The molecule has 0 saturated carbocycles. The first-order chi connectivity index (χ1) is 8.41. The summed E-state index contributed by atoms with van der Waals surface area (Å²) < 4.78 is 0. The van der Waals surface area contributed by atoms with Crippen molar-refractivity contribution < 1.29 is 19.6 Å². The van der Waals surface area contributed by atoms with Gasteiger partial charge in [0.1, 0.15) is 5.56 Å². The molecular formula is C10H9ClN2O5. The number of aliphatic carboxylic acids is 1. The van der Waals surface area contributed by atoms with Gasteiger partial charge in [-0.25, -0.2) is 0 Å². The molecule has 0 unspecified atom stereocenters. The molecule has 1 amide bonds. The first-order valence-electron chi connectivity index (χ1n) is 4.85. The van der Waals surface area contributed by atoms with Crippen molar-refractivity contribution in [2.24, 2.45) is 0 Å². The van der Waals surface area contributed by atoms with Crippen molar-refractivity contribution in [3.05, 3.63) is 38.9 Å². The van der Waals surface area contributed by atoms with Crippen LogP contribution in [-0.2, 0) is 4.79 Å². The third kappa shape index (κ3) is 3.70. The number of halogens is 1. The smallest absolute Gasteiger partial charge is 0.305 e. The molecule has 0 aliphatic heterocycles. The van der Waals surface area contributed by atoms with Gasteiger partial charge in [0.05, 0.1) is 11.3 Å². The average molecular weight is 273 g/mol. The van der Waals surface area contributed by atoms with Crippen molar-refractivity contribution in [3.8, 4) is 0 Å². The van der Waals surface area contributed by atoms with Crippen molar-refractivity contribution in [1.29, 1.82) is 0 Å². The Balaban J connectivity index is 2.85. The number of nitro groups is 1. The standard InChI is InChI=1S/C10H9ClN2O5/c11-6-1-2-7(8(5-6)13(17)18)10(16)12-4-3-9(14)15/h1-2,5H,3-4H2,(H,12,16)(H,14,15). The molecular weight excluding hydrogens is 264 g/mol. The summed E-state index contributed by atoms with van der Waals surface area (Å²) in [6.07, 6.45) is -0.257. The highest BCUT2D eigenvalue weighted by molar-refractivity contribution is 6.31. The fourth-order valence-corrected chi connectivity index (χ4v) is 1.39. The van der Waals surface area contributed by atoms with Crippen LogP contribution in [0, 0.1) is 10.1 Å². The Hall–Kier alpha value is -2.15. The van der Waals surface area contributed by atoms with Crippen LogP contribution in [0.15, 0.2) is 18.2 Å². The van der Waals surface area contributed by atoms with E-state index in [0.29, 0.717) is 0 Å². The SMILES string of the molecule is O=C(O)CCNC(=O)c1ccc(Cl)cc1[N+](=O)[O-]. The maximum absolute atomic E-state index is 11.6. The summed E-state index contributed by atoms with van der Waals surface area (Å²) in [5, 5.41) is 21.6. The van der Waals surface area contributed by atoms with Gasteiger partial charge in [-0.1, -0.05) is 11.6 Å². The molecule has 8 heteroatoms. The van der Waals surface area contributed by atoms with Gasteiger partial charge >= 0.3 is 5.97 Å². The molecule has 0 atom stereocenters. The van der Waals surface area contributed by atoms with Gasteiger partial charge in [0.15, 0.2) is 0 Å². The quantitative estimate of drug-likeness (QED) is 0.623. The molecule has 0 aromatic heterocycles. The summed E-state index contributed by atoms with van der Waals surface area (Å²) in [5.41, 5.74) is -0.579. The molecule has 18 heavy (non-hydrogen) atoms. The number of nitro benzene ring substituents is 1. The predicted molar refractivity (Wildman–Crippen MR) is 62.7 cm³/mol. The van der Waals surface area contributed by atoms with Crippen molar-refractivity contribution in [2.75, 3.05) is 6.54 Å². The van der Waals surface area contributed by atoms with E-state index in [2.05, 4.69) is 5.32 Å². The van der Waals surface area contributed by atoms with Crippen molar-refractivity contribution in [1.82, 2.24) is 5.32 Å². The molecule has 0 saturated heterocycles. The van der Waals surface area contributed by atoms with Crippen molar-refractivity contribution >= 4 is 29.2 Å². The fourth-order valence-electron chi connectivity index (χ4n) is 1.23. The van der Waals surface area contributed by atoms with Gasteiger partial charge in [-0.05, 0) is 12.1 Å². The fraction of sp³-hybridized carbons (Fsp3) is 0.200. The van der Waals surface area contributed by atoms with Gasteiger partial charge in [-0.2, -0.15) is 0 Å². The van der Waals surface area contributed by atoms with Crippen molar-refractivity contribution in [2.45, 2.75) is 6.42 Å². The first-order valence-corrected chi connectivity index (χ1v) is 5.23. The summed E-state index contributed by atoms with van der Waals surface area (Å²) in [4.78, 5) is 31.9. The van der Waals surface area contributed by atoms with Crippen LogP contribution in [0.4, 0.5) is 5.69 Å². The summed E-state index contributed by atoms with van der Waals surface area (Å²) in [5.74, 6) is -1.78. The maximum Gasteiger partial charge on any atom is 0.305 e. The lowest BCUT2D eigenvalue weighted by Crippen LogP contribution is -2.26. The van der Waals surface area contributed by atoms with Crippen LogP contribution < -0.4 is 5.32 Å². The molecule has 0 fully saturated rings. The number of carbonyl (C=O) groups excluding carboxylic acids is 1. The molecule has 0 radical (unpaired) electrons. The zero-order chi connectivity index (χ0) is 13.7. The van der Waals surface area contributed by atoms with E-state index in [1.54, 1.807) is 0 Å². The number of hydrogen-bond donors (Lipinski definition) is 2. The summed E-state index contributed by atoms with van der Waals surface area (Å²) in [6.45, 7) is -0.103. The Morgan fingerprint density at radius 1 is 1.44 bits per heavy atom. The number of amides is 1. The topological polar surface area (TPSA) is 110 Å². The Kier molecular flexibility index (Phi) is 4.61. The number of hydrogen-bond acceptors (Lipinski definition) is 4. The third-order valence-corrected chi connectivity index (χ3v) is 2.26. The highest BCUT2D eigenvalue weighted by atomic mass is 35.5. The second-order valence-corrected chi connectivity index (χ2v) is 3.75. The minimum absolute atomic E-state index is 0.103. The predicted octanol–water partition coefficient (Wildman–Crippen LogP) is 1.45. The number of nitrogens with one attached hydrogen (secondary N) is 1. The van der Waals surface area contributed by atoms with E-state index < -0.39 is 22.5 Å². The molecule has 0 heterocycles. The van der Waals surface area contributed by atoms with E-state index in [1.165, 1.54) is 12.1 Å². The highest BCUT2D eigenvalue weighted by Gasteiger charge is 2.20. The zero-order valence-corrected chi connectivity index (χ0v) is 9.81. The summed E-state index contributed by atoms with van der Waals surface area (Å²) >= 11 is 5.60. The number of carboxylic acids is 1. The lowest BCUT2D eigenvalue weighted by Gasteiger charge is -2.04. The summed E-state index contributed by atoms with van der Waals surface area (Å²) in [6, 6.07) is 3.63. The molecule has 1 aromatic rings. The van der Waals surface area contributed by atoms with E-state index in [0.717, 1.165) is 6.07 Å². The van der Waals surface area contributed by atoms with Gasteiger partial charge in [-0.15, -0.1) is 0 Å². The van der Waals surface area contributed by atoms with Gasteiger partial charge in [0, 0.05) is 17.6 Å². The molecule has 0 aliphatic rings. The van der Waals surface area contributed by atoms with Gasteiger partial charge < -0.3 is 10.4 Å². The monoisotopic (exact) mass is 272 g/mol. The maximum atomic E-state index is 11.6. The molecule has 1 rings (SSSR count). The number of nitrogens with zero attached hydrogens (tertiary/aromatic N) is 1. The van der Waals surface area contributed by atoms with E-state index in [9.17, 15) is 19.7 Å².